The molecule has 0 bridgehead atoms. The molecule has 1 aliphatic rings. The van der Waals surface area contributed by atoms with Gasteiger partial charge in [0.2, 0.25) is 0 Å². The normalized spacial score (nSPS) is 13.7. The van der Waals surface area contributed by atoms with Gasteiger partial charge in [0.15, 0.2) is 5.82 Å². The van der Waals surface area contributed by atoms with E-state index in [1.165, 1.54) is 0 Å². The lowest BCUT2D eigenvalue weighted by molar-refractivity contribution is 0.0535. The van der Waals surface area contributed by atoms with E-state index >= 15 is 0 Å². The number of imidazole rings is 2. The fourth-order valence-corrected chi connectivity index (χ4v) is 5.36. The van der Waals surface area contributed by atoms with Crippen molar-refractivity contribution in [2.45, 2.75) is 0 Å². The Morgan fingerprint density at radius 1 is 0.659 bits per heavy atom. The van der Waals surface area contributed by atoms with Crippen LogP contribution in [0.2, 0.25) is 0 Å². The number of aromatic amines is 1. The molecule has 3 heterocycles. The fourth-order valence-electron chi connectivity index (χ4n) is 5.36. The molecule has 0 aliphatic carbocycles. The van der Waals surface area contributed by atoms with Gasteiger partial charge in [-0.05, 0) is 48.5 Å². The Morgan fingerprint density at radius 3 is 1.90 bits per heavy atom. The number of carbonyl (C=O) groups is 2. The van der Waals surface area contributed by atoms with Crippen molar-refractivity contribution in [1.29, 1.82) is 0 Å². The summed E-state index contributed by atoms with van der Waals surface area (Å²) in [6, 6.07) is 29.7. The van der Waals surface area contributed by atoms with Crippen LogP contribution in [0.5, 0.6) is 0 Å². The number of aromatic nitrogens is 4. The SMILES string of the molecule is O=C(c1cccc(-c2nc3ccccc3[nH]2)c1)N1CCN(C(=O)c2cccc(-c3nc4ccccc4n3O)c2)CC1. The van der Waals surface area contributed by atoms with Crippen molar-refractivity contribution in [2.24, 2.45) is 0 Å². The molecule has 202 valence electrons. The van der Waals surface area contributed by atoms with Gasteiger partial charge in [-0.15, -0.1) is 0 Å². The van der Waals surface area contributed by atoms with Gasteiger partial charge in [0.25, 0.3) is 11.8 Å². The number of nitrogens with one attached hydrogen (secondary N) is 1. The van der Waals surface area contributed by atoms with Crippen LogP contribution in [-0.4, -0.2) is 72.7 Å². The van der Waals surface area contributed by atoms with Gasteiger partial charge in [0.05, 0.1) is 16.6 Å². The summed E-state index contributed by atoms with van der Waals surface area (Å²) in [7, 11) is 0. The van der Waals surface area contributed by atoms with Crippen LogP contribution >= 0.6 is 0 Å². The summed E-state index contributed by atoms with van der Waals surface area (Å²) >= 11 is 0. The number of para-hydroxylation sites is 4. The molecule has 1 fully saturated rings. The molecule has 1 aliphatic heterocycles. The van der Waals surface area contributed by atoms with E-state index in [1.54, 1.807) is 34.1 Å². The van der Waals surface area contributed by atoms with Gasteiger partial charge >= 0.3 is 0 Å². The highest BCUT2D eigenvalue weighted by atomic mass is 16.5. The molecular weight excluding hydrogens is 516 g/mol. The smallest absolute Gasteiger partial charge is 0.253 e. The summed E-state index contributed by atoms with van der Waals surface area (Å²) < 4.78 is 1.05. The monoisotopic (exact) mass is 542 g/mol. The highest BCUT2D eigenvalue weighted by Gasteiger charge is 2.26. The Balaban J connectivity index is 1.04. The molecule has 2 aromatic heterocycles. The molecule has 4 aromatic carbocycles. The Kier molecular flexibility index (Phi) is 5.96. The lowest BCUT2D eigenvalue weighted by Crippen LogP contribution is -2.50. The average Bonchev–Trinajstić information content (AvgIpc) is 3.62. The van der Waals surface area contributed by atoms with Crippen LogP contribution in [0, 0.1) is 0 Å². The third kappa shape index (κ3) is 4.47. The predicted molar refractivity (Wildman–Crippen MR) is 156 cm³/mol. The molecular formula is C32H26N6O3. The van der Waals surface area contributed by atoms with Crippen molar-refractivity contribution in [3.8, 4) is 22.8 Å². The summed E-state index contributed by atoms with van der Waals surface area (Å²) in [6.45, 7) is 1.73. The van der Waals surface area contributed by atoms with Crippen LogP contribution in [-0.2, 0) is 0 Å². The van der Waals surface area contributed by atoms with Crippen LogP contribution in [0.25, 0.3) is 44.8 Å². The summed E-state index contributed by atoms with van der Waals surface area (Å²) in [5.41, 5.74) is 5.68. The molecule has 0 saturated carbocycles. The largest absolute Gasteiger partial charge is 0.426 e. The van der Waals surface area contributed by atoms with Gasteiger partial charge in [0, 0.05) is 48.4 Å². The second-order valence-electron chi connectivity index (χ2n) is 10.1. The molecule has 2 amide bonds. The zero-order valence-electron chi connectivity index (χ0n) is 22.1. The first-order valence-electron chi connectivity index (χ1n) is 13.5. The zero-order valence-corrected chi connectivity index (χ0v) is 22.1. The minimum absolute atomic E-state index is 0.0705. The van der Waals surface area contributed by atoms with E-state index < -0.39 is 0 Å². The molecule has 7 rings (SSSR count). The van der Waals surface area contributed by atoms with Crippen molar-refractivity contribution in [3.63, 3.8) is 0 Å². The van der Waals surface area contributed by atoms with Gasteiger partial charge < -0.3 is 20.0 Å². The molecule has 41 heavy (non-hydrogen) atoms. The number of H-pyrrole nitrogens is 1. The van der Waals surface area contributed by atoms with Gasteiger partial charge in [-0.1, -0.05) is 48.5 Å². The van der Waals surface area contributed by atoms with E-state index in [9.17, 15) is 14.8 Å². The van der Waals surface area contributed by atoms with Gasteiger partial charge in [-0.2, -0.15) is 4.73 Å². The number of fused-ring (bicyclic) bond motifs is 2. The minimum Gasteiger partial charge on any atom is -0.426 e. The van der Waals surface area contributed by atoms with Crippen LogP contribution < -0.4 is 0 Å². The summed E-state index contributed by atoms with van der Waals surface area (Å²) in [5, 5.41) is 10.6. The predicted octanol–water partition coefficient (Wildman–Crippen LogP) is 5.08. The molecule has 0 radical (unpaired) electrons. The first-order chi connectivity index (χ1) is 20.0. The number of rotatable bonds is 4. The van der Waals surface area contributed by atoms with Gasteiger partial charge in [-0.3, -0.25) is 9.59 Å². The third-order valence-corrected chi connectivity index (χ3v) is 7.53. The first-order valence-corrected chi connectivity index (χ1v) is 13.5. The van der Waals surface area contributed by atoms with E-state index in [0.717, 1.165) is 27.2 Å². The summed E-state index contributed by atoms with van der Waals surface area (Å²) in [5.74, 6) is 0.904. The maximum Gasteiger partial charge on any atom is 0.253 e. The molecule has 0 atom stereocenters. The maximum absolute atomic E-state index is 13.4. The quantitative estimate of drug-likeness (QED) is 0.302. The average molecular weight is 543 g/mol. The van der Waals surface area contributed by atoms with Crippen molar-refractivity contribution in [2.75, 3.05) is 26.2 Å². The number of benzene rings is 4. The Hall–Kier alpha value is -5.44. The molecule has 1 saturated heterocycles. The molecule has 6 aromatic rings. The number of hydrogen-bond acceptors (Lipinski definition) is 5. The summed E-state index contributed by atoms with van der Waals surface area (Å²) in [4.78, 5) is 42.8. The second kappa shape index (κ2) is 9.95. The third-order valence-electron chi connectivity index (χ3n) is 7.53. The maximum atomic E-state index is 13.4. The minimum atomic E-state index is -0.119. The van der Waals surface area contributed by atoms with E-state index in [2.05, 4.69) is 15.0 Å². The molecule has 0 spiro atoms. The number of nitrogens with zero attached hydrogens (tertiary/aromatic N) is 5. The van der Waals surface area contributed by atoms with E-state index in [-0.39, 0.29) is 11.8 Å². The molecule has 0 unspecified atom stereocenters. The second-order valence-corrected chi connectivity index (χ2v) is 10.1. The van der Waals surface area contributed by atoms with E-state index in [1.807, 2.05) is 72.8 Å². The lowest BCUT2D eigenvalue weighted by atomic mass is 10.1. The zero-order chi connectivity index (χ0) is 27.9. The number of hydrogen-bond donors (Lipinski definition) is 2. The molecule has 2 N–H and O–H groups in total. The van der Waals surface area contributed by atoms with Crippen molar-refractivity contribution >= 4 is 33.9 Å². The van der Waals surface area contributed by atoms with Gasteiger partial charge in [0.1, 0.15) is 11.3 Å². The van der Waals surface area contributed by atoms with Crippen molar-refractivity contribution < 1.29 is 14.8 Å². The fraction of sp³-hybridized carbons (Fsp3) is 0.125. The molecule has 9 heteroatoms. The standard InChI is InChI=1S/C32H26N6O3/c39-31(23-9-5-7-21(19-23)29-33-25-11-1-2-12-26(25)34-29)36-15-17-37(18-16-36)32(40)24-10-6-8-22(20-24)30-35-27-13-3-4-14-28(27)38(30)41/h1-14,19-20,41H,15-18H2,(H,33,34). The molecule has 9 nitrogen and oxygen atoms in total. The van der Waals surface area contributed by atoms with Gasteiger partial charge in [-0.25, -0.2) is 9.97 Å². The topological polar surface area (TPSA) is 107 Å². The highest BCUT2D eigenvalue weighted by Crippen LogP contribution is 2.25. The first kappa shape index (κ1) is 24.6. The van der Waals surface area contributed by atoms with Crippen LogP contribution in [0.3, 0.4) is 0 Å². The Bertz CT molecular complexity index is 1900. The van der Waals surface area contributed by atoms with E-state index in [0.29, 0.717) is 59.7 Å². The van der Waals surface area contributed by atoms with Crippen LogP contribution in [0.1, 0.15) is 20.7 Å². The van der Waals surface area contributed by atoms with Crippen molar-refractivity contribution in [1.82, 2.24) is 29.5 Å². The number of carbonyl (C=O) groups excluding carboxylic acids is 2. The number of amides is 2. The van der Waals surface area contributed by atoms with Crippen LogP contribution in [0.4, 0.5) is 0 Å². The summed E-state index contributed by atoms with van der Waals surface area (Å²) in [6.07, 6.45) is 0. The Labute approximate surface area is 235 Å². The Morgan fingerprint density at radius 2 is 1.24 bits per heavy atom. The van der Waals surface area contributed by atoms with E-state index in [4.69, 9.17) is 0 Å². The number of piperazine rings is 1. The van der Waals surface area contributed by atoms with Crippen LogP contribution in [0.15, 0.2) is 97.1 Å². The highest BCUT2D eigenvalue weighted by molar-refractivity contribution is 5.97. The van der Waals surface area contributed by atoms with Crippen molar-refractivity contribution in [3.05, 3.63) is 108 Å². The lowest BCUT2D eigenvalue weighted by Gasteiger charge is -2.35.